The van der Waals surface area contributed by atoms with Crippen molar-refractivity contribution < 1.29 is 14.0 Å². The zero-order chi connectivity index (χ0) is 15.4. The number of nitrogens with one attached hydrogen (secondary N) is 1. The Bertz CT molecular complexity index is 548. The summed E-state index contributed by atoms with van der Waals surface area (Å²) in [5, 5.41) is 2.80. The molecule has 6 heteroatoms. The first-order valence-corrected chi connectivity index (χ1v) is 7.04. The highest BCUT2D eigenvalue weighted by Gasteiger charge is 2.26. The summed E-state index contributed by atoms with van der Waals surface area (Å²) in [6, 6.07) is 4.80. The van der Waals surface area contributed by atoms with Gasteiger partial charge in [-0.3, -0.25) is 9.59 Å². The van der Waals surface area contributed by atoms with E-state index in [0.717, 1.165) is 18.4 Å². The fourth-order valence-corrected chi connectivity index (χ4v) is 2.48. The van der Waals surface area contributed by atoms with Gasteiger partial charge < -0.3 is 16.0 Å². The fraction of sp³-hybridized carbons (Fsp3) is 0.467. The van der Waals surface area contributed by atoms with Gasteiger partial charge in [0.25, 0.3) is 0 Å². The lowest BCUT2D eigenvalue weighted by Crippen LogP contribution is -2.46. The third-order valence-electron chi connectivity index (χ3n) is 3.73. The molecule has 1 fully saturated rings. The molecule has 114 valence electrons. The van der Waals surface area contributed by atoms with Gasteiger partial charge in [-0.25, -0.2) is 4.39 Å². The molecular weight excluding hydrogens is 273 g/mol. The minimum absolute atomic E-state index is 0.00542. The highest BCUT2D eigenvalue weighted by molar-refractivity contribution is 5.83. The third kappa shape index (κ3) is 3.93. The van der Waals surface area contributed by atoms with E-state index in [0.29, 0.717) is 18.8 Å². The number of halogens is 1. The molecule has 1 atom stereocenters. The van der Waals surface area contributed by atoms with E-state index < -0.39 is 0 Å². The predicted octanol–water partition coefficient (Wildman–Crippen LogP) is 1.27. The lowest BCUT2D eigenvalue weighted by molar-refractivity contribution is -0.133. The molecule has 0 aromatic heterocycles. The van der Waals surface area contributed by atoms with Crippen molar-refractivity contribution in [1.29, 1.82) is 0 Å². The molecule has 1 aromatic rings. The number of rotatable bonds is 4. The van der Waals surface area contributed by atoms with Gasteiger partial charge >= 0.3 is 0 Å². The quantitative estimate of drug-likeness (QED) is 0.878. The van der Waals surface area contributed by atoms with Crippen LogP contribution in [0, 0.1) is 18.7 Å². The summed E-state index contributed by atoms with van der Waals surface area (Å²) in [6.07, 6.45) is 1.48. The number of likely N-dealkylation sites (tertiary alicyclic amines) is 1. The Labute approximate surface area is 123 Å². The summed E-state index contributed by atoms with van der Waals surface area (Å²) in [5.74, 6) is -1.18. The van der Waals surface area contributed by atoms with E-state index in [-0.39, 0.29) is 30.1 Å². The lowest BCUT2D eigenvalue weighted by atomic mass is 9.97. The molecule has 0 bridgehead atoms. The molecular formula is C15H20FN3O2. The number of carbonyl (C=O) groups is 2. The number of nitrogens with zero attached hydrogens (tertiary/aromatic N) is 1. The molecule has 1 unspecified atom stereocenters. The molecule has 0 spiro atoms. The molecule has 5 nitrogen and oxygen atoms in total. The number of anilines is 1. The molecule has 1 aliphatic heterocycles. The highest BCUT2D eigenvalue weighted by Crippen LogP contribution is 2.17. The lowest BCUT2D eigenvalue weighted by Gasteiger charge is -2.31. The van der Waals surface area contributed by atoms with Gasteiger partial charge in [0, 0.05) is 13.1 Å². The topological polar surface area (TPSA) is 75.4 Å². The van der Waals surface area contributed by atoms with Crippen molar-refractivity contribution in [2.75, 3.05) is 25.0 Å². The largest absolute Gasteiger partial charge is 0.374 e. The molecule has 2 amide bonds. The van der Waals surface area contributed by atoms with E-state index >= 15 is 0 Å². The van der Waals surface area contributed by atoms with Crippen LogP contribution in [0.25, 0.3) is 0 Å². The summed E-state index contributed by atoms with van der Waals surface area (Å²) in [5.41, 5.74) is 6.41. The van der Waals surface area contributed by atoms with Crippen LogP contribution in [0.5, 0.6) is 0 Å². The Morgan fingerprint density at radius 1 is 1.48 bits per heavy atom. The Morgan fingerprint density at radius 2 is 2.24 bits per heavy atom. The maximum atomic E-state index is 13.7. The van der Waals surface area contributed by atoms with Crippen molar-refractivity contribution >= 4 is 17.5 Å². The average Bonchev–Trinajstić information content (AvgIpc) is 2.46. The maximum Gasteiger partial charge on any atom is 0.241 e. The van der Waals surface area contributed by atoms with E-state index in [2.05, 4.69) is 5.32 Å². The van der Waals surface area contributed by atoms with Crippen molar-refractivity contribution in [2.24, 2.45) is 11.7 Å². The number of carbonyl (C=O) groups excluding carboxylic acids is 2. The number of aryl methyl sites for hydroxylation is 1. The molecule has 0 radical (unpaired) electrons. The van der Waals surface area contributed by atoms with Crippen LogP contribution in [0.4, 0.5) is 10.1 Å². The number of hydrogen-bond donors (Lipinski definition) is 2. The van der Waals surface area contributed by atoms with Crippen molar-refractivity contribution in [1.82, 2.24) is 4.90 Å². The predicted molar refractivity (Wildman–Crippen MR) is 78.1 cm³/mol. The average molecular weight is 293 g/mol. The van der Waals surface area contributed by atoms with Gasteiger partial charge in [-0.05, 0) is 37.5 Å². The monoisotopic (exact) mass is 293 g/mol. The Morgan fingerprint density at radius 3 is 2.90 bits per heavy atom. The molecule has 0 aliphatic carbocycles. The molecule has 1 saturated heterocycles. The van der Waals surface area contributed by atoms with E-state index in [4.69, 9.17) is 5.73 Å². The number of amides is 2. The minimum Gasteiger partial charge on any atom is -0.374 e. The summed E-state index contributed by atoms with van der Waals surface area (Å²) in [4.78, 5) is 24.9. The van der Waals surface area contributed by atoms with Gasteiger partial charge in [-0.15, -0.1) is 0 Å². The first-order valence-electron chi connectivity index (χ1n) is 7.04. The van der Waals surface area contributed by atoms with Crippen LogP contribution in [-0.2, 0) is 9.59 Å². The zero-order valence-electron chi connectivity index (χ0n) is 12.1. The number of piperidine rings is 1. The zero-order valence-corrected chi connectivity index (χ0v) is 12.1. The maximum absolute atomic E-state index is 13.7. The Hall–Kier alpha value is -2.11. The first-order chi connectivity index (χ1) is 9.97. The summed E-state index contributed by atoms with van der Waals surface area (Å²) >= 11 is 0. The van der Waals surface area contributed by atoms with Crippen molar-refractivity contribution in [2.45, 2.75) is 19.8 Å². The van der Waals surface area contributed by atoms with Crippen LogP contribution >= 0.6 is 0 Å². The summed E-state index contributed by atoms with van der Waals surface area (Å²) in [7, 11) is 0. The minimum atomic E-state index is -0.378. The third-order valence-corrected chi connectivity index (χ3v) is 3.73. The smallest absolute Gasteiger partial charge is 0.241 e. The molecule has 0 saturated carbocycles. The van der Waals surface area contributed by atoms with Crippen LogP contribution in [0.15, 0.2) is 18.2 Å². The van der Waals surface area contributed by atoms with Crippen LogP contribution in [0.3, 0.4) is 0 Å². The number of hydrogen-bond acceptors (Lipinski definition) is 3. The Balaban J connectivity index is 1.90. The van der Waals surface area contributed by atoms with E-state index in [1.54, 1.807) is 24.0 Å². The normalized spacial score (nSPS) is 18.4. The number of benzene rings is 1. The second-order valence-corrected chi connectivity index (χ2v) is 5.42. The van der Waals surface area contributed by atoms with E-state index in [1.165, 1.54) is 6.07 Å². The highest BCUT2D eigenvalue weighted by atomic mass is 19.1. The summed E-state index contributed by atoms with van der Waals surface area (Å²) in [6.45, 7) is 2.77. The molecule has 21 heavy (non-hydrogen) atoms. The van der Waals surface area contributed by atoms with Crippen molar-refractivity contribution in [3.05, 3.63) is 29.6 Å². The molecule has 1 aliphatic rings. The van der Waals surface area contributed by atoms with Crippen LogP contribution in [0.2, 0.25) is 0 Å². The SMILES string of the molecule is Cc1ccc(NCC(=O)N2CCCC(C(N)=O)C2)c(F)c1. The second-order valence-electron chi connectivity index (χ2n) is 5.42. The van der Waals surface area contributed by atoms with Crippen LogP contribution in [-0.4, -0.2) is 36.3 Å². The van der Waals surface area contributed by atoms with Gasteiger partial charge in [-0.2, -0.15) is 0 Å². The second kappa shape index (κ2) is 6.56. The van der Waals surface area contributed by atoms with E-state index in [9.17, 15) is 14.0 Å². The number of nitrogens with two attached hydrogens (primary N) is 1. The summed E-state index contributed by atoms with van der Waals surface area (Å²) < 4.78 is 13.7. The molecule has 1 aromatic carbocycles. The standard InChI is InChI=1S/C15H20FN3O2/c1-10-4-5-13(12(16)7-10)18-8-14(20)19-6-2-3-11(9-19)15(17)21/h4-5,7,11,18H,2-3,6,8-9H2,1H3,(H2,17,21). The molecule has 2 rings (SSSR count). The van der Waals surface area contributed by atoms with Crippen LogP contribution in [0.1, 0.15) is 18.4 Å². The van der Waals surface area contributed by atoms with Crippen molar-refractivity contribution in [3.8, 4) is 0 Å². The van der Waals surface area contributed by atoms with Gasteiger partial charge in [0.2, 0.25) is 11.8 Å². The van der Waals surface area contributed by atoms with E-state index in [1.807, 2.05) is 0 Å². The molecule has 3 N–H and O–H groups in total. The van der Waals surface area contributed by atoms with Crippen LogP contribution < -0.4 is 11.1 Å². The van der Waals surface area contributed by atoms with Gasteiger partial charge in [-0.1, -0.05) is 6.07 Å². The number of primary amides is 1. The van der Waals surface area contributed by atoms with Crippen molar-refractivity contribution in [3.63, 3.8) is 0 Å². The van der Waals surface area contributed by atoms with Gasteiger partial charge in [0.05, 0.1) is 18.2 Å². The fourth-order valence-electron chi connectivity index (χ4n) is 2.48. The Kier molecular flexibility index (Phi) is 4.77. The first kappa shape index (κ1) is 15.3. The van der Waals surface area contributed by atoms with Gasteiger partial charge in [0.15, 0.2) is 0 Å². The van der Waals surface area contributed by atoms with Gasteiger partial charge in [0.1, 0.15) is 5.82 Å². The molecule has 1 heterocycles.